The molecule has 0 heterocycles. The Labute approximate surface area is 96.6 Å². The second kappa shape index (κ2) is 5.50. The van der Waals surface area contributed by atoms with Gasteiger partial charge in [-0.3, -0.25) is 4.79 Å². The second-order valence-electron chi connectivity index (χ2n) is 4.29. The predicted molar refractivity (Wildman–Crippen MR) is 65.6 cm³/mol. The summed E-state index contributed by atoms with van der Waals surface area (Å²) in [5, 5.41) is 8.87. The lowest BCUT2D eigenvalue weighted by Crippen LogP contribution is -2.07. The van der Waals surface area contributed by atoms with Gasteiger partial charge >= 0.3 is 5.97 Å². The van der Waals surface area contributed by atoms with E-state index in [-0.39, 0.29) is 0 Å². The van der Waals surface area contributed by atoms with Gasteiger partial charge in [-0.2, -0.15) is 0 Å². The molecule has 0 aromatic heterocycles. The van der Waals surface area contributed by atoms with E-state index in [1.54, 1.807) is 6.92 Å². The Morgan fingerprint density at radius 1 is 1.31 bits per heavy atom. The molecule has 0 aliphatic rings. The highest BCUT2D eigenvalue weighted by atomic mass is 16.4. The van der Waals surface area contributed by atoms with Crippen molar-refractivity contribution in [2.24, 2.45) is 0 Å². The average Bonchev–Trinajstić information content (AvgIpc) is 2.26. The molecule has 1 N–H and O–H groups in total. The van der Waals surface area contributed by atoms with E-state index in [4.69, 9.17) is 5.11 Å². The summed E-state index contributed by atoms with van der Waals surface area (Å²) in [6.07, 6.45) is 3.07. The van der Waals surface area contributed by atoms with Gasteiger partial charge in [-0.1, -0.05) is 35.9 Å². The summed E-state index contributed by atoms with van der Waals surface area (Å²) < 4.78 is 0. The highest BCUT2D eigenvalue weighted by molar-refractivity contribution is 5.75. The highest BCUT2D eigenvalue weighted by Crippen LogP contribution is 2.16. The van der Waals surface area contributed by atoms with E-state index in [2.05, 4.69) is 19.9 Å². The van der Waals surface area contributed by atoms with Gasteiger partial charge in [-0.25, -0.2) is 0 Å². The summed E-state index contributed by atoms with van der Waals surface area (Å²) in [6, 6.07) is 7.78. The van der Waals surface area contributed by atoms with Crippen LogP contribution in [0.15, 0.2) is 35.9 Å². The minimum Gasteiger partial charge on any atom is -0.481 e. The van der Waals surface area contributed by atoms with Crippen molar-refractivity contribution in [2.45, 2.75) is 33.1 Å². The Morgan fingerprint density at radius 2 is 1.88 bits per heavy atom. The number of hydrogen-bond donors (Lipinski definition) is 1. The van der Waals surface area contributed by atoms with Gasteiger partial charge in [0.1, 0.15) is 0 Å². The van der Waals surface area contributed by atoms with Crippen LogP contribution in [-0.2, 0) is 11.2 Å². The molecule has 2 heteroatoms. The van der Waals surface area contributed by atoms with Crippen LogP contribution in [0.3, 0.4) is 0 Å². The van der Waals surface area contributed by atoms with Crippen molar-refractivity contribution in [3.63, 3.8) is 0 Å². The van der Waals surface area contributed by atoms with Crippen molar-refractivity contribution in [3.8, 4) is 0 Å². The lowest BCUT2D eigenvalue weighted by molar-refractivity contribution is -0.138. The Balaban J connectivity index is 2.75. The molecule has 1 aromatic carbocycles. The Hall–Kier alpha value is -1.57. The molecule has 1 rings (SSSR count). The number of hydrogen-bond acceptors (Lipinski definition) is 1. The van der Waals surface area contributed by atoms with E-state index in [1.807, 2.05) is 24.3 Å². The standard InChI is InChI=1S/C14H18O2/c1-10(2)4-5-12-6-8-13(9-7-12)11(3)14(15)16/h4,6-9,11H,5H2,1-3H3,(H,15,16)/t11-/m0/s1. The van der Waals surface area contributed by atoms with E-state index in [0.717, 1.165) is 12.0 Å². The summed E-state index contributed by atoms with van der Waals surface area (Å²) in [6.45, 7) is 5.84. The molecule has 0 bridgehead atoms. The molecule has 0 aliphatic carbocycles. The molecule has 0 saturated heterocycles. The average molecular weight is 218 g/mol. The van der Waals surface area contributed by atoms with Crippen LogP contribution in [0.5, 0.6) is 0 Å². The molecule has 2 nitrogen and oxygen atoms in total. The molecule has 1 aromatic rings. The maximum absolute atomic E-state index is 10.8. The van der Waals surface area contributed by atoms with Crippen molar-refractivity contribution >= 4 is 5.97 Å². The van der Waals surface area contributed by atoms with Crippen molar-refractivity contribution < 1.29 is 9.90 Å². The quantitative estimate of drug-likeness (QED) is 0.786. The van der Waals surface area contributed by atoms with Gasteiger partial charge < -0.3 is 5.11 Å². The van der Waals surface area contributed by atoms with E-state index < -0.39 is 11.9 Å². The summed E-state index contributed by atoms with van der Waals surface area (Å²) in [7, 11) is 0. The van der Waals surface area contributed by atoms with Crippen LogP contribution in [0.4, 0.5) is 0 Å². The van der Waals surface area contributed by atoms with Gasteiger partial charge in [0.25, 0.3) is 0 Å². The normalized spacial score (nSPS) is 11.9. The Bertz CT molecular complexity index is 384. The molecule has 0 unspecified atom stereocenters. The van der Waals surface area contributed by atoms with E-state index >= 15 is 0 Å². The highest BCUT2D eigenvalue weighted by Gasteiger charge is 2.12. The SMILES string of the molecule is CC(C)=CCc1ccc([C@H](C)C(=O)O)cc1. The molecule has 1 atom stereocenters. The number of carboxylic acid groups (broad SMARTS) is 1. The fourth-order valence-corrected chi connectivity index (χ4v) is 1.41. The molecule has 16 heavy (non-hydrogen) atoms. The molecule has 86 valence electrons. The molecule has 0 saturated carbocycles. The van der Waals surface area contributed by atoms with E-state index in [9.17, 15) is 4.79 Å². The van der Waals surface area contributed by atoms with Crippen molar-refractivity contribution in [2.75, 3.05) is 0 Å². The van der Waals surface area contributed by atoms with Crippen LogP contribution in [0.1, 0.15) is 37.8 Å². The fourth-order valence-electron chi connectivity index (χ4n) is 1.41. The van der Waals surface area contributed by atoms with Gasteiger partial charge in [0.2, 0.25) is 0 Å². The Morgan fingerprint density at radius 3 is 2.31 bits per heavy atom. The Kier molecular flexibility index (Phi) is 4.29. The lowest BCUT2D eigenvalue weighted by atomic mass is 9.99. The monoisotopic (exact) mass is 218 g/mol. The molecular formula is C14H18O2. The number of carbonyl (C=O) groups is 1. The zero-order valence-corrected chi connectivity index (χ0v) is 10.0. The zero-order valence-electron chi connectivity index (χ0n) is 10.0. The predicted octanol–water partition coefficient (Wildman–Crippen LogP) is 3.38. The van der Waals surface area contributed by atoms with E-state index in [1.165, 1.54) is 11.1 Å². The van der Waals surface area contributed by atoms with Gasteiger partial charge in [-0.05, 0) is 38.3 Å². The molecule has 0 spiro atoms. The third-order valence-electron chi connectivity index (χ3n) is 2.60. The van der Waals surface area contributed by atoms with Crippen LogP contribution in [0.25, 0.3) is 0 Å². The van der Waals surface area contributed by atoms with Gasteiger partial charge in [-0.15, -0.1) is 0 Å². The minimum atomic E-state index is -0.781. The van der Waals surface area contributed by atoms with Gasteiger partial charge in [0, 0.05) is 0 Å². The summed E-state index contributed by atoms with van der Waals surface area (Å²) in [4.78, 5) is 10.8. The zero-order chi connectivity index (χ0) is 12.1. The van der Waals surface area contributed by atoms with Crippen molar-refractivity contribution in [1.82, 2.24) is 0 Å². The smallest absolute Gasteiger partial charge is 0.310 e. The molecule has 0 radical (unpaired) electrons. The number of carboxylic acids is 1. The van der Waals surface area contributed by atoms with Gasteiger partial charge in [0.05, 0.1) is 5.92 Å². The summed E-state index contributed by atoms with van der Waals surface area (Å²) in [5.41, 5.74) is 3.36. The van der Waals surface area contributed by atoms with Crippen LogP contribution < -0.4 is 0 Å². The lowest BCUT2D eigenvalue weighted by Gasteiger charge is -2.07. The summed E-state index contributed by atoms with van der Waals surface area (Å²) in [5.74, 6) is -1.21. The first-order valence-electron chi connectivity index (χ1n) is 5.45. The number of allylic oxidation sites excluding steroid dienone is 2. The first-order chi connectivity index (χ1) is 7.50. The second-order valence-corrected chi connectivity index (χ2v) is 4.29. The third kappa shape index (κ3) is 3.54. The van der Waals surface area contributed by atoms with Gasteiger partial charge in [0.15, 0.2) is 0 Å². The van der Waals surface area contributed by atoms with Crippen LogP contribution in [0, 0.1) is 0 Å². The largest absolute Gasteiger partial charge is 0.481 e. The number of benzene rings is 1. The molecular weight excluding hydrogens is 200 g/mol. The van der Waals surface area contributed by atoms with Crippen molar-refractivity contribution in [1.29, 1.82) is 0 Å². The van der Waals surface area contributed by atoms with E-state index in [0.29, 0.717) is 0 Å². The first kappa shape index (κ1) is 12.5. The maximum atomic E-state index is 10.8. The maximum Gasteiger partial charge on any atom is 0.310 e. The summed E-state index contributed by atoms with van der Waals surface area (Å²) >= 11 is 0. The van der Waals surface area contributed by atoms with Crippen LogP contribution in [0.2, 0.25) is 0 Å². The first-order valence-corrected chi connectivity index (χ1v) is 5.45. The molecule has 0 aliphatic heterocycles. The molecule has 0 amide bonds. The molecule has 0 fully saturated rings. The third-order valence-corrected chi connectivity index (χ3v) is 2.60. The number of rotatable bonds is 4. The number of aliphatic carboxylic acids is 1. The van der Waals surface area contributed by atoms with Crippen LogP contribution in [-0.4, -0.2) is 11.1 Å². The van der Waals surface area contributed by atoms with Crippen LogP contribution >= 0.6 is 0 Å². The van der Waals surface area contributed by atoms with Crippen molar-refractivity contribution in [3.05, 3.63) is 47.0 Å². The minimum absolute atomic E-state index is 0.433. The topological polar surface area (TPSA) is 37.3 Å². The fraction of sp³-hybridized carbons (Fsp3) is 0.357.